The van der Waals surface area contributed by atoms with Crippen molar-refractivity contribution in [1.82, 2.24) is 10.3 Å². The lowest BCUT2D eigenvalue weighted by Crippen LogP contribution is -2.48. The quantitative estimate of drug-likeness (QED) is 0.217. The Balaban J connectivity index is 1.35. The van der Waals surface area contributed by atoms with Gasteiger partial charge >= 0.3 is 0 Å². The smallest absolute Gasteiger partial charge is 0.248 e. The van der Waals surface area contributed by atoms with Gasteiger partial charge in [-0.3, -0.25) is 14.5 Å². The third-order valence-corrected chi connectivity index (χ3v) is 6.32. The van der Waals surface area contributed by atoms with Gasteiger partial charge in [-0.05, 0) is 48.4 Å². The van der Waals surface area contributed by atoms with Gasteiger partial charge in [-0.2, -0.15) is 0 Å². The Morgan fingerprint density at radius 1 is 1.00 bits per heavy atom. The van der Waals surface area contributed by atoms with Crippen LogP contribution in [0.25, 0.3) is 6.08 Å². The summed E-state index contributed by atoms with van der Waals surface area (Å²) in [4.78, 5) is 27.9. The van der Waals surface area contributed by atoms with Gasteiger partial charge in [0.25, 0.3) is 0 Å². The summed E-state index contributed by atoms with van der Waals surface area (Å²) in [6, 6.07) is 22.6. The van der Waals surface area contributed by atoms with Gasteiger partial charge in [0.1, 0.15) is 0 Å². The van der Waals surface area contributed by atoms with E-state index in [0.29, 0.717) is 17.9 Å². The van der Waals surface area contributed by atoms with Crippen LogP contribution in [0.1, 0.15) is 16.7 Å². The molecule has 1 aliphatic rings. The minimum atomic E-state index is -0.265. The second-order valence-corrected chi connectivity index (χ2v) is 9.26. The third-order valence-electron chi connectivity index (χ3n) is 6.32. The van der Waals surface area contributed by atoms with Gasteiger partial charge in [0.2, 0.25) is 11.8 Å². The average Bonchev–Trinajstić information content (AvgIpc) is 2.93. The Morgan fingerprint density at radius 2 is 1.71 bits per heavy atom. The van der Waals surface area contributed by atoms with Crippen LogP contribution in [0.3, 0.4) is 0 Å². The van der Waals surface area contributed by atoms with E-state index in [9.17, 15) is 9.59 Å². The number of hydrazine groups is 1. The maximum absolute atomic E-state index is 13.3. The van der Waals surface area contributed by atoms with Gasteiger partial charge in [0.05, 0.1) is 36.7 Å². The minimum absolute atomic E-state index is 0.0426. The molecule has 1 fully saturated rings. The van der Waals surface area contributed by atoms with Crippen molar-refractivity contribution < 1.29 is 14.3 Å². The largest absolute Gasteiger partial charge is 0.397 e. The van der Waals surface area contributed by atoms with Crippen LogP contribution in [0.4, 0.5) is 17.1 Å². The summed E-state index contributed by atoms with van der Waals surface area (Å²) in [5, 5.41) is 4.42. The van der Waals surface area contributed by atoms with Crippen LogP contribution in [0.2, 0.25) is 0 Å². The molecule has 0 radical (unpaired) electrons. The summed E-state index contributed by atoms with van der Waals surface area (Å²) in [6.45, 7) is 6.82. The van der Waals surface area contributed by atoms with Crippen LogP contribution in [0.15, 0.2) is 78.9 Å². The fourth-order valence-corrected chi connectivity index (χ4v) is 4.12. The first-order valence-corrected chi connectivity index (χ1v) is 12.8. The van der Waals surface area contributed by atoms with Crippen LogP contribution in [-0.4, -0.2) is 56.1 Å². The standard InChI is InChI=1S/C30H35N5O3/c1-23-6-13-26(14-7-23)35(32-16-17-34-18-20-38-21-19-34)30(37)22-25-10-8-24(9-11-25)12-15-29(36)33-28-5-3-2-4-27(28)31/h2-15,32H,16-22,31H2,1H3,(H,33,36)/b15-12+. The number of amides is 2. The van der Waals surface area contributed by atoms with E-state index in [1.807, 2.05) is 67.6 Å². The predicted octanol–water partition coefficient (Wildman–Crippen LogP) is 3.64. The Kier molecular flexibility index (Phi) is 9.64. The van der Waals surface area contributed by atoms with Crippen LogP contribution in [0, 0.1) is 6.92 Å². The Bertz CT molecular complexity index is 1240. The molecule has 3 aromatic carbocycles. The zero-order valence-corrected chi connectivity index (χ0v) is 21.7. The van der Waals surface area contributed by atoms with Crippen LogP contribution < -0.4 is 21.5 Å². The molecule has 1 aliphatic heterocycles. The molecule has 0 saturated carbocycles. The molecule has 0 aliphatic carbocycles. The lowest BCUT2D eigenvalue weighted by Gasteiger charge is -2.29. The maximum Gasteiger partial charge on any atom is 0.248 e. The molecule has 3 aromatic rings. The summed E-state index contributed by atoms with van der Waals surface area (Å²) in [7, 11) is 0. The van der Waals surface area contributed by atoms with Crippen molar-refractivity contribution in [3.8, 4) is 0 Å². The van der Waals surface area contributed by atoms with Crippen molar-refractivity contribution in [1.29, 1.82) is 0 Å². The molecular weight excluding hydrogens is 478 g/mol. The summed E-state index contributed by atoms with van der Waals surface area (Å²) < 4.78 is 5.42. The van der Waals surface area contributed by atoms with E-state index in [-0.39, 0.29) is 18.2 Å². The van der Waals surface area contributed by atoms with E-state index >= 15 is 0 Å². The molecule has 0 bridgehead atoms. The van der Waals surface area contributed by atoms with Crippen molar-refractivity contribution in [2.24, 2.45) is 0 Å². The number of hydrogen-bond donors (Lipinski definition) is 3. The first-order valence-electron chi connectivity index (χ1n) is 12.8. The third kappa shape index (κ3) is 8.01. The lowest BCUT2D eigenvalue weighted by atomic mass is 10.1. The number of carbonyl (C=O) groups is 2. The zero-order valence-electron chi connectivity index (χ0n) is 21.7. The van der Waals surface area contributed by atoms with Crippen molar-refractivity contribution in [2.75, 3.05) is 55.5 Å². The summed E-state index contributed by atoms with van der Waals surface area (Å²) >= 11 is 0. The maximum atomic E-state index is 13.3. The molecule has 8 heteroatoms. The molecule has 0 atom stereocenters. The second kappa shape index (κ2) is 13.5. The van der Waals surface area contributed by atoms with Crippen LogP contribution >= 0.6 is 0 Å². The normalized spacial score (nSPS) is 13.9. The van der Waals surface area contributed by atoms with Gasteiger partial charge < -0.3 is 15.8 Å². The molecule has 4 rings (SSSR count). The van der Waals surface area contributed by atoms with Gasteiger partial charge in [0, 0.05) is 32.3 Å². The van der Waals surface area contributed by atoms with Gasteiger partial charge in [0.15, 0.2) is 0 Å². The van der Waals surface area contributed by atoms with Crippen molar-refractivity contribution in [2.45, 2.75) is 13.3 Å². The van der Waals surface area contributed by atoms with E-state index < -0.39 is 0 Å². The number of para-hydroxylation sites is 2. The molecule has 38 heavy (non-hydrogen) atoms. The van der Waals surface area contributed by atoms with Gasteiger partial charge in [-0.25, -0.2) is 10.4 Å². The molecule has 4 N–H and O–H groups in total. The fourth-order valence-electron chi connectivity index (χ4n) is 4.12. The molecule has 8 nitrogen and oxygen atoms in total. The molecule has 1 saturated heterocycles. The molecule has 1 heterocycles. The average molecular weight is 514 g/mol. The topological polar surface area (TPSA) is 99.9 Å². The van der Waals surface area contributed by atoms with Gasteiger partial charge in [-0.1, -0.05) is 54.1 Å². The highest BCUT2D eigenvalue weighted by atomic mass is 16.5. The van der Waals surface area contributed by atoms with Crippen molar-refractivity contribution in [3.63, 3.8) is 0 Å². The number of anilines is 3. The van der Waals surface area contributed by atoms with E-state index in [1.165, 1.54) is 6.08 Å². The molecule has 0 aromatic heterocycles. The highest BCUT2D eigenvalue weighted by molar-refractivity contribution is 6.03. The first kappa shape index (κ1) is 27.1. The molecule has 198 valence electrons. The monoisotopic (exact) mass is 513 g/mol. The number of carbonyl (C=O) groups excluding carboxylic acids is 2. The SMILES string of the molecule is Cc1ccc(N(NCCN2CCOCC2)C(=O)Cc2ccc(/C=C/C(=O)Nc3ccccc3N)cc2)cc1. The van der Waals surface area contributed by atoms with Crippen LogP contribution in [0.5, 0.6) is 0 Å². The number of benzene rings is 3. The number of morpholine rings is 1. The molecule has 0 unspecified atom stereocenters. The van der Waals surface area contributed by atoms with E-state index in [2.05, 4.69) is 15.6 Å². The van der Waals surface area contributed by atoms with E-state index in [1.54, 1.807) is 23.2 Å². The fraction of sp³-hybridized carbons (Fsp3) is 0.267. The van der Waals surface area contributed by atoms with E-state index in [0.717, 1.165) is 55.2 Å². The number of nitrogens with two attached hydrogens (primary N) is 1. The number of nitrogen functional groups attached to an aromatic ring is 1. The highest BCUT2D eigenvalue weighted by Gasteiger charge is 2.17. The number of nitrogens with zero attached hydrogens (tertiary/aromatic N) is 2. The number of nitrogens with one attached hydrogen (secondary N) is 2. The Hall–Kier alpha value is -3.98. The zero-order chi connectivity index (χ0) is 26.7. The number of ether oxygens (including phenoxy) is 1. The number of aryl methyl sites for hydroxylation is 1. The second-order valence-electron chi connectivity index (χ2n) is 9.26. The highest BCUT2D eigenvalue weighted by Crippen LogP contribution is 2.18. The lowest BCUT2D eigenvalue weighted by molar-refractivity contribution is -0.118. The van der Waals surface area contributed by atoms with Crippen molar-refractivity contribution >= 4 is 35.0 Å². The molecular formula is C30H35N5O3. The van der Waals surface area contributed by atoms with Crippen LogP contribution in [-0.2, 0) is 20.7 Å². The molecule has 0 spiro atoms. The van der Waals surface area contributed by atoms with E-state index in [4.69, 9.17) is 10.5 Å². The Labute approximate surface area is 224 Å². The minimum Gasteiger partial charge on any atom is -0.397 e. The van der Waals surface area contributed by atoms with Gasteiger partial charge in [-0.15, -0.1) is 0 Å². The van der Waals surface area contributed by atoms with Crippen molar-refractivity contribution in [3.05, 3.63) is 95.6 Å². The Morgan fingerprint density at radius 3 is 2.42 bits per heavy atom. The number of rotatable bonds is 10. The predicted molar refractivity (Wildman–Crippen MR) is 153 cm³/mol. The summed E-state index contributed by atoms with van der Waals surface area (Å²) in [5.41, 5.74) is 14.0. The first-order chi connectivity index (χ1) is 18.5. The summed E-state index contributed by atoms with van der Waals surface area (Å²) in [5.74, 6) is -0.307. The molecule has 2 amide bonds. The summed E-state index contributed by atoms with van der Waals surface area (Å²) in [6.07, 6.45) is 3.44. The number of hydrogen-bond acceptors (Lipinski definition) is 6.